The van der Waals surface area contributed by atoms with E-state index in [2.05, 4.69) is 21.4 Å². The molecule has 0 saturated heterocycles. The maximum atomic E-state index is 5.66. The summed E-state index contributed by atoms with van der Waals surface area (Å²) >= 11 is 1.61. The molecule has 1 unspecified atom stereocenters. The second-order valence-corrected chi connectivity index (χ2v) is 5.14. The Hall–Kier alpha value is -1.75. The predicted molar refractivity (Wildman–Crippen MR) is 76.7 cm³/mol. The Labute approximate surface area is 116 Å². The molecule has 1 aliphatic rings. The van der Waals surface area contributed by atoms with Crippen LogP contribution in [0.25, 0.3) is 0 Å². The van der Waals surface area contributed by atoms with E-state index < -0.39 is 0 Å². The van der Waals surface area contributed by atoms with E-state index in [1.807, 2.05) is 30.5 Å². The monoisotopic (exact) mass is 273 g/mol. The standard InChI is InChI=1S/C14H15N3OS/c1-19-14-8-13(15-9-16-14)17-11-6-7-18-12-5-3-2-4-10(11)12/h2-5,8-9,11H,6-7H2,1H3,(H,15,16,17). The van der Waals surface area contributed by atoms with Crippen LogP contribution in [0.3, 0.4) is 0 Å². The summed E-state index contributed by atoms with van der Waals surface area (Å²) in [6.45, 7) is 0.731. The molecule has 98 valence electrons. The van der Waals surface area contributed by atoms with Crippen molar-refractivity contribution in [1.82, 2.24) is 9.97 Å². The number of hydrogen-bond acceptors (Lipinski definition) is 5. The second-order valence-electron chi connectivity index (χ2n) is 4.32. The smallest absolute Gasteiger partial charge is 0.130 e. The fourth-order valence-electron chi connectivity index (χ4n) is 2.20. The average Bonchev–Trinajstić information content (AvgIpc) is 2.48. The van der Waals surface area contributed by atoms with Crippen LogP contribution in [0.1, 0.15) is 18.0 Å². The SMILES string of the molecule is CSc1cc(NC2CCOc3ccccc32)ncn1. The number of aromatic nitrogens is 2. The zero-order valence-electron chi connectivity index (χ0n) is 10.7. The van der Waals surface area contributed by atoms with Crippen LogP contribution in [-0.4, -0.2) is 22.8 Å². The van der Waals surface area contributed by atoms with Crippen molar-refractivity contribution in [2.24, 2.45) is 0 Å². The summed E-state index contributed by atoms with van der Waals surface area (Å²) in [7, 11) is 0. The molecule has 3 rings (SSSR count). The van der Waals surface area contributed by atoms with Crippen LogP contribution in [0.4, 0.5) is 5.82 Å². The Morgan fingerprint density at radius 1 is 1.32 bits per heavy atom. The number of nitrogens with one attached hydrogen (secondary N) is 1. The first kappa shape index (κ1) is 12.3. The molecule has 5 heteroatoms. The number of rotatable bonds is 3. The first-order valence-electron chi connectivity index (χ1n) is 6.21. The molecule has 0 aliphatic carbocycles. The van der Waals surface area contributed by atoms with Gasteiger partial charge in [0.1, 0.15) is 22.9 Å². The zero-order chi connectivity index (χ0) is 13.1. The van der Waals surface area contributed by atoms with Crippen LogP contribution in [-0.2, 0) is 0 Å². The van der Waals surface area contributed by atoms with Crippen molar-refractivity contribution in [3.8, 4) is 5.75 Å². The minimum absolute atomic E-state index is 0.245. The van der Waals surface area contributed by atoms with E-state index in [1.165, 1.54) is 5.56 Å². The highest BCUT2D eigenvalue weighted by molar-refractivity contribution is 7.98. The van der Waals surface area contributed by atoms with Crippen molar-refractivity contribution in [1.29, 1.82) is 0 Å². The quantitative estimate of drug-likeness (QED) is 0.687. The molecule has 0 radical (unpaired) electrons. The summed E-state index contributed by atoms with van der Waals surface area (Å²) in [5.74, 6) is 1.83. The lowest BCUT2D eigenvalue weighted by Crippen LogP contribution is -2.20. The molecule has 0 saturated carbocycles. The molecular formula is C14H15N3OS. The van der Waals surface area contributed by atoms with E-state index in [-0.39, 0.29) is 6.04 Å². The Morgan fingerprint density at radius 2 is 2.21 bits per heavy atom. The topological polar surface area (TPSA) is 47.0 Å². The Kier molecular flexibility index (Phi) is 3.55. The molecule has 0 bridgehead atoms. The maximum absolute atomic E-state index is 5.66. The van der Waals surface area contributed by atoms with Crippen molar-refractivity contribution in [2.75, 3.05) is 18.2 Å². The highest BCUT2D eigenvalue weighted by Gasteiger charge is 2.21. The van der Waals surface area contributed by atoms with Gasteiger partial charge in [-0.15, -0.1) is 11.8 Å². The van der Waals surface area contributed by atoms with Crippen molar-refractivity contribution >= 4 is 17.6 Å². The summed E-state index contributed by atoms with van der Waals surface area (Å²) in [4.78, 5) is 8.46. The van der Waals surface area contributed by atoms with E-state index in [9.17, 15) is 0 Å². The summed E-state index contributed by atoms with van der Waals surface area (Å²) in [5, 5.41) is 4.44. The summed E-state index contributed by atoms with van der Waals surface area (Å²) in [6.07, 6.45) is 4.55. The molecule has 2 aromatic rings. The number of hydrogen-bond donors (Lipinski definition) is 1. The van der Waals surface area contributed by atoms with Crippen molar-refractivity contribution in [2.45, 2.75) is 17.5 Å². The molecule has 0 spiro atoms. The number of nitrogens with zero attached hydrogens (tertiary/aromatic N) is 2. The van der Waals surface area contributed by atoms with Crippen molar-refractivity contribution in [3.63, 3.8) is 0 Å². The predicted octanol–water partition coefficient (Wildman–Crippen LogP) is 3.13. The van der Waals surface area contributed by atoms with Crippen LogP contribution in [0.5, 0.6) is 5.75 Å². The van der Waals surface area contributed by atoms with Crippen molar-refractivity contribution in [3.05, 3.63) is 42.2 Å². The molecule has 1 aromatic carbocycles. The first-order chi connectivity index (χ1) is 9.36. The van der Waals surface area contributed by atoms with Gasteiger partial charge in [-0.2, -0.15) is 0 Å². The van der Waals surface area contributed by atoms with Gasteiger partial charge in [-0.1, -0.05) is 18.2 Å². The van der Waals surface area contributed by atoms with Gasteiger partial charge in [0.2, 0.25) is 0 Å². The molecule has 0 fully saturated rings. The largest absolute Gasteiger partial charge is 0.493 e. The average molecular weight is 273 g/mol. The van der Waals surface area contributed by atoms with E-state index in [4.69, 9.17) is 4.74 Å². The van der Waals surface area contributed by atoms with Crippen molar-refractivity contribution < 1.29 is 4.74 Å². The minimum atomic E-state index is 0.245. The number of anilines is 1. The van der Waals surface area contributed by atoms with Gasteiger partial charge in [-0.25, -0.2) is 9.97 Å². The van der Waals surface area contributed by atoms with Gasteiger partial charge >= 0.3 is 0 Å². The van der Waals surface area contributed by atoms with Gasteiger partial charge in [0, 0.05) is 18.1 Å². The van der Waals surface area contributed by atoms with Gasteiger partial charge in [-0.05, 0) is 12.3 Å². The Morgan fingerprint density at radius 3 is 3.11 bits per heavy atom. The Bertz CT molecular complexity index is 576. The molecule has 4 nitrogen and oxygen atoms in total. The second kappa shape index (κ2) is 5.48. The van der Waals surface area contributed by atoms with E-state index in [0.717, 1.165) is 29.6 Å². The molecule has 2 heterocycles. The third-order valence-electron chi connectivity index (χ3n) is 3.13. The van der Waals surface area contributed by atoms with Gasteiger partial charge in [-0.3, -0.25) is 0 Å². The van der Waals surface area contributed by atoms with E-state index in [1.54, 1.807) is 18.1 Å². The number of benzene rings is 1. The number of thioether (sulfide) groups is 1. The first-order valence-corrected chi connectivity index (χ1v) is 7.43. The van der Waals surface area contributed by atoms with Gasteiger partial charge in [0.25, 0.3) is 0 Å². The van der Waals surface area contributed by atoms with Crippen LogP contribution in [0.2, 0.25) is 0 Å². The molecular weight excluding hydrogens is 258 g/mol. The van der Waals surface area contributed by atoms with E-state index >= 15 is 0 Å². The fourth-order valence-corrected chi connectivity index (χ4v) is 2.58. The molecule has 1 N–H and O–H groups in total. The van der Waals surface area contributed by atoms with Gasteiger partial charge in [0.05, 0.1) is 12.6 Å². The molecule has 1 atom stereocenters. The number of para-hydroxylation sites is 1. The lowest BCUT2D eigenvalue weighted by Gasteiger charge is -2.27. The fraction of sp³-hybridized carbons (Fsp3) is 0.286. The summed E-state index contributed by atoms with van der Waals surface area (Å²) < 4.78 is 5.66. The Balaban J connectivity index is 1.84. The summed E-state index contributed by atoms with van der Waals surface area (Å²) in [6, 6.07) is 10.4. The van der Waals surface area contributed by atoms with Crippen LogP contribution >= 0.6 is 11.8 Å². The third kappa shape index (κ3) is 2.66. The highest BCUT2D eigenvalue weighted by atomic mass is 32.2. The molecule has 19 heavy (non-hydrogen) atoms. The highest BCUT2D eigenvalue weighted by Crippen LogP contribution is 2.33. The lowest BCUT2D eigenvalue weighted by atomic mass is 10.0. The third-order valence-corrected chi connectivity index (χ3v) is 3.77. The zero-order valence-corrected chi connectivity index (χ0v) is 11.5. The molecule has 0 amide bonds. The van der Waals surface area contributed by atoms with Gasteiger partial charge < -0.3 is 10.1 Å². The molecule has 1 aromatic heterocycles. The van der Waals surface area contributed by atoms with Crippen LogP contribution in [0.15, 0.2) is 41.7 Å². The van der Waals surface area contributed by atoms with E-state index in [0.29, 0.717) is 0 Å². The van der Waals surface area contributed by atoms with Crippen LogP contribution in [0, 0.1) is 0 Å². The lowest BCUT2D eigenvalue weighted by molar-refractivity contribution is 0.274. The normalized spacial score (nSPS) is 17.4. The minimum Gasteiger partial charge on any atom is -0.493 e. The number of ether oxygens (including phenoxy) is 1. The molecule has 1 aliphatic heterocycles. The van der Waals surface area contributed by atoms with Gasteiger partial charge in [0.15, 0.2) is 0 Å². The van der Waals surface area contributed by atoms with Crippen LogP contribution < -0.4 is 10.1 Å². The maximum Gasteiger partial charge on any atom is 0.130 e. The summed E-state index contributed by atoms with van der Waals surface area (Å²) in [5.41, 5.74) is 1.19. The number of fused-ring (bicyclic) bond motifs is 1.